The molecule has 0 saturated heterocycles. The van der Waals surface area contributed by atoms with Gasteiger partial charge in [0.15, 0.2) is 0 Å². The van der Waals surface area contributed by atoms with Crippen LogP contribution in [0.4, 0.5) is 0 Å². The van der Waals surface area contributed by atoms with E-state index in [-0.39, 0.29) is 5.92 Å². The van der Waals surface area contributed by atoms with Crippen LogP contribution in [0.2, 0.25) is 0 Å². The molecule has 0 bridgehead atoms. The zero-order valence-corrected chi connectivity index (χ0v) is 9.51. The highest BCUT2D eigenvalue weighted by Gasteiger charge is 2.25. The van der Waals surface area contributed by atoms with Crippen LogP contribution in [0.3, 0.4) is 0 Å². The monoisotopic (exact) mass is 219 g/mol. The Kier molecular flexibility index (Phi) is 2.37. The maximum atomic E-state index is 4.17. The highest BCUT2D eigenvalue weighted by Crippen LogP contribution is 2.40. The van der Waals surface area contributed by atoms with Gasteiger partial charge in [-0.15, -0.1) is 0 Å². The number of hydrogen-bond donors (Lipinski definition) is 0. The first-order chi connectivity index (χ1) is 8.40. The second kappa shape index (κ2) is 4.02. The molecule has 1 nitrogen and oxygen atoms in total. The van der Waals surface area contributed by atoms with Crippen molar-refractivity contribution in [3.63, 3.8) is 0 Å². The molecule has 1 aliphatic carbocycles. The highest BCUT2D eigenvalue weighted by molar-refractivity contribution is 5.69. The summed E-state index contributed by atoms with van der Waals surface area (Å²) < 4.78 is 0. The molecule has 1 unspecified atom stereocenters. The molecule has 2 aromatic carbocycles. The van der Waals surface area contributed by atoms with E-state index < -0.39 is 0 Å². The summed E-state index contributed by atoms with van der Waals surface area (Å²) in [6, 6.07) is 18.9. The van der Waals surface area contributed by atoms with Crippen molar-refractivity contribution in [3.8, 4) is 0 Å². The van der Waals surface area contributed by atoms with Gasteiger partial charge in [0.05, 0.1) is 11.6 Å². The van der Waals surface area contributed by atoms with Gasteiger partial charge in [-0.2, -0.15) is 0 Å². The Hall–Kier alpha value is -2.15. The lowest BCUT2D eigenvalue weighted by atomic mass is 9.91. The van der Waals surface area contributed by atoms with Gasteiger partial charge >= 0.3 is 0 Å². The number of benzene rings is 2. The molecule has 0 saturated carbocycles. The van der Waals surface area contributed by atoms with E-state index in [0.717, 1.165) is 5.70 Å². The van der Waals surface area contributed by atoms with Gasteiger partial charge in [0.25, 0.3) is 0 Å². The Bertz CT molecular complexity index is 581. The van der Waals surface area contributed by atoms with E-state index in [2.05, 4.69) is 66.3 Å². The molecule has 0 aromatic heterocycles. The van der Waals surface area contributed by atoms with Gasteiger partial charge < -0.3 is 0 Å². The summed E-state index contributed by atoms with van der Waals surface area (Å²) in [5, 5.41) is 0. The van der Waals surface area contributed by atoms with Crippen molar-refractivity contribution in [2.75, 3.05) is 0 Å². The van der Waals surface area contributed by atoms with Crippen molar-refractivity contribution in [3.05, 3.63) is 77.0 Å². The number of fused-ring (bicyclic) bond motifs is 1. The first-order valence-corrected chi connectivity index (χ1v) is 5.72. The van der Waals surface area contributed by atoms with Crippen LogP contribution in [0.25, 0.3) is 6.08 Å². The molecule has 82 valence electrons. The zero-order chi connectivity index (χ0) is 11.7. The molecule has 17 heavy (non-hydrogen) atoms. The maximum absolute atomic E-state index is 4.17. The lowest BCUT2D eigenvalue weighted by molar-refractivity contribution is 0.963. The third-order valence-corrected chi connectivity index (χ3v) is 3.22. The molecular formula is C16H13N. The smallest absolute Gasteiger partial charge is 0.0521 e. The molecule has 1 atom stereocenters. The molecule has 1 aliphatic rings. The van der Waals surface area contributed by atoms with Crippen molar-refractivity contribution in [2.45, 2.75) is 5.92 Å². The fraction of sp³-hybridized carbons (Fsp3) is 0.0625. The Balaban J connectivity index is 2.16. The molecule has 0 amide bonds. The molecule has 0 fully saturated rings. The standard InChI is InChI=1S/C16H13N/c1-17-15-11-13-9-5-6-10-14(13)16(15)12-7-3-2-4-8-12/h2-11,16H,1H2. The van der Waals surface area contributed by atoms with Gasteiger partial charge in [-0.3, -0.25) is 4.99 Å². The highest BCUT2D eigenvalue weighted by atomic mass is 14.7. The van der Waals surface area contributed by atoms with E-state index in [1.165, 1.54) is 16.7 Å². The molecule has 2 aromatic rings. The van der Waals surface area contributed by atoms with Crippen LogP contribution >= 0.6 is 0 Å². The summed E-state index contributed by atoms with van der Waals surface area (Å²) in [4.78, 5) is 4.17. The van der Waals surface area contributed by atoms with Crippen molar-refractivity contribution in [2.24, 2.45) is 4.99 Å². The number of nitrogens with zero attached hydrogens (tertiary/aromatic N) is 1. The molecule has 0 spiro atoms. The van der Waals surface area contributed by atoms with Crippen molar-refractivity contribution >= 4 is 12.8 Å². The van der Waals surface area contributed by atoms with Crippen LogP contribution in [0, 0.1) is 0 Å². The second-order valence-electron chi connectivity index (χ2n) is 4.20. The summed E-state index contributed by atoms with van der Waals surface area (Å²) >= 11 is 0. The third-order valence-electron chi connectivity index (χ3n) is 3.22. The zero-order valence-electron chi connectivity index (χ0n) is 9.51. The van der Waals surface area contributed by atoms with Crippen LogP contribution in [0.15, 0.2) is 65.3 Å². The number of allylic oxidation sites excluding steroid dienone is 1. The van der Waals surface area contributed by atoms with Crippen LogP contribution in [-0.4, -0.2) is 6.72 Å². The average Bonchev–Trinajstić information content (AvgIpc) is 2.78. The number of hydrogen-bond acceptors (Lipinski definition) is 1. The van der Waals surface area contributed by atoms with Gasteiger partial charge in [0.1, 0.15) is 0 Å². The van der Waals surface area contributed by atoms with Gasteiger partial charge in [-0.05, 0) is 29.5 Å². The van der Waals surface area contributed by atoms with Gasteiger partial charge in [-0.1, -0.05) is 54.6 Å². The van der Waals surface area contributed by atoms with Gasteiger partial charge in [-0.25, -0.2) is 0 Å². The summed E-state index contributed by atoms with van der Waals surface area (Å²) in [6.07, 6.45) is 2.12. The Morgan fingerprint density at radius 3 is 2.35 bits per heavy atom. The van der Waals surface area contributed by atoms with Crippen LogP contribution < -0.4 is 0 Å². The molecule has 0 aliphatic heterocycles. The lowest BCUT2D eigenvalue weighted by Gasteiger charge is -2.14. The molecule has 0 N–H and O–H groups in total. The molecular weight excluding hydrogens is 206 g/mol. The van der Waals surface area contributed by atoms with E-state index in [1.54, 1.807) is 0 Å². The van der Waals surface area contributed by atoms with Crippen LogP contribution in [-0.2, 0) is 0 Å². The second-order valence-corrected chi connectivity index (χ2v) is 4.20. The summed E-state index contributed by atoms with van der Waals surface area (Å²) in [5.74, 6) is 0.241. The molecule has 3 rings (SSSR count). The van der Waals surface area contributed by atoms with Crippen molar-refractivity contribution in [1.82, 2.24) is 0 Å². The predicted octanol–water partition coefficient (Wildman–Crippen LogP) is 3.87. The van der Waals surface area contributed by atoms with Crippen molar-refractivity contribution in [1.29, 1.82) is 0 Å². The quantitative estimate of drug-likeness (QED) is 0.680. The Morgan fingerprint density at radius 1 is 0.882 bits per heavy atom. The largest absolute Gasteiger partial charge is 0.268 e. The van der Waals surface area contributed by atoms with Crippen molar-refractivity contribution < 1.29 is 0 Å². The fourth-order valence-corrected chi connectivity index (χ4v) is 2.44. The number of aliphatic imine (C=N–C) groups is 1. The number of rotatable bonds is 2. The van der Waals surface area contributed by atoms with E-state index in [1.807, 2.05) is 6.07 Å². The van der Waals surface area contributed by atoms with E-state index in [9.17, 15) is 0 Å². The Labute approximate surface area is 101 Å². The van der Waals surface area contributed by atoms with E-state index in [4.69, 9.17) is 0 Å². The minimum atomic E-state index is 0.241. The van der Waals surface area contributed by atoms with Gasteiger partial charge in [0.2, 0.25) is 0 Å². The normalized spacial score (nSPS) is 17.4. The minimum Gasteiger partial charge on any atom is -0.268 e. The third kappa shape index (κ3) is 1.60. The molecule has 1 heteroatoms. The first kappa shape index (κ1) is 10.0. The lowest BCUT2D eigenvalue weighted by Crippen LogP contribution is -1.99. The predicted molar refractivity (Wildman–Crippen MR) is 72.3 cm³/mol. The SMILES string of the molecule is C=NC1=Cc2ccccc2C1c1ccccc1. The van der Waals surface area contributed by atoms with Crippen LogP contribution in [0.1, 0.15) is 22.6 Å². The summed E-state index contributed by atoms with van der Waals surface area (Å²) in [6.45, 7) is 3.68. The summed E-state index contributed by atoms with van der Waals surface area (Å²) in [7, 11) is 0. The topological polar surface area (TPSA) is 12.4 Å². The average molecular weight is 219 g/mol. The summed E-state index contributed by atoms with van der Waals surface area (Å²) in [5.41, 5.74) is 4.89. The molecule has 0 heterocycles. The fourth-order valence-electron chi connectivity index (χ4n) is 2.44. The molecule has 0 radical (unpaired) electrons. The van der Waals surface area contributed by atoms with E-state index in [0.29, 0.717) is 0 Å². The van der Waals surface area contributed by atoms with Gasteiger partial charge in [0, 0.05) is 0 Å². The van der Waals surface area contributed by atoms with Crippen LogP contribution in [0.5, 0.6) is 0 Å². The van der Waals surface area contributed by atoms with E-state index >= 15 is 0 Å². The first-order valence-electron chi connectivity index (χ1n) is 5.72. The Morgan fingerprint density at radius 2 is 1.59 bits per heavy atom. The minimum absolute atomic E-state index is 0.241. The maximum Gasteiger partial charge on any atom is 0.0521 e.